The maximum atomic E-state index is 12.5. The Balaban J connectivity index is 2.04. The number of methoxy groups -OCH3 is 1. The van der Waals surface area contributed by atoms with Crippen molar-refractivity contribution in [1.29, 1.82) is 0 Å². The van der Waals surface area contributed by atoms with Gasteiger partial charge in [-0.25, -0.2) is 0 Å². The zero-order valence-corrected chi connectivity index (χ0v) is 16.4. The van der Waals surface area contributed by atoms with Crippen LogP contribution in [0.25, 0.3) is 0 Å². The Morgan fingerprint density at radius 2 is 1.58 bits per heavy atom. The molecule has 0 saturated carbocycles. The number of hydrogen-bond acceptors (Lipinski definition) is 3. The number of para-hydroxylation sites is 2. The zero-order valence-electron chi connectivity index (χ0n) is 16.4. The molecule has 0 aliphatic rings. The zero-order chi connectivity index (χ0) is 19.1. The van der Waals surface area contributed by atoms with Crippen LogP contribution in [0.1, 0.15) is 56.2 Å². The van der Waals surface area contributed by atoms with Crippen LogP contribution >= 0.6 is 0 Å². The van der Waals surface area contributed by atoms with Crippen LogP contribution in [0.4, 0.5) is 5.69 Å². The summed E-state index contributed by atoms with van der Waals surface area (Å²) in [7, 11) is 1.65. The Morgan fingerprint density at radius 3 is 2.15 bits per heavy atom. The summed E-state index contributed by atoms with van der Waals surface area (Å²) >= 11 is 0. The molecule has 4 heteroatoms. The van der Waals surface area contributed by atoms with E-state index >= 15 is 0 Å². The van der Waals surface area contributed by atoms with Gasteiger partial charge >= 0.3 is 0 Å². The predicted octanol–water partition coefficient (Wildman–Crippen LogP) is 4.67. The number of amides is 1. The highest BCUT2D eigenvalue weighted by molar-refractivity contribution is 5.94. The fourth-order valence-corrected chi connectivity index (χ4v) is 3.04. The Bertz CT molecular complexity index is 712. The summed E-state index contributed by atoms with van der Waals surface area (Å²) in [6, 6.07) is 14.1. The van der Waals surface area contributed by atoms with Crippen LogP contribution in [0.15, 0.2) is 42.5 Å². The lowest BCUT2D eigenvalue weighted by Crippen LogP contribution is -2.28. The van der Waals surface area contributed by atoms with Gasteiger partial charge in [0.2, 0.25) is 5.91 Å². The molecule has 140 valence electrons. The molecule has 0 unspecified atom stereocenters. The van der Waals surface area contributed by atoms with Crippen molar-refractivity contribution in [3.8, 4) is 5.75 Å². The van der Waals surface area contributed by atoms with Crippen molar-refractivity contribution in [2.45, 2.75) is 46.1 Å². The lowest BCUT2D eigenvalue weighted by Gasteiger charge is -2.20. The summed E-state index contributed by atoms with van der Waals surface area (Å²) in [6.45, 7) is 9.43. The largest absolute Gasteiger partial charge is 0.496 e. The lowest BCUT2D eigenvalue weighted by molar-refractivity contribution is -0.115. The van der Waals surface area contributed by atoms with Crippen molar-refractivity contribution >= 4 is 11.6 Å². The molecule has 0 fully saturated rings. The first-order valence-electron chi connectivity index (χ1n) is 9.19. The number of carbonyl (C=O) groups excluding carboxylic acids is 1. The summed E-state index contributed by atoms with van der Waals surface area (Å²) in [5.74, 6) is 1.50. The van der Waals surface area contributed by atoms with Crippen LogP contribution in [-0.2, 0) is 11.3 Å². The molecule has 2 aromatic rings. The fraction of sp³-hybridized carbons (Fsp3) is 0.409. The summed E-state index contributed by atoms with van der Waals surface area (Å²) in [5, 5.41) is 6.33. The number of anilines is 1. The second-order valence-electron chi connectivity index (χ2n) is 7.08. The smallest absolute Gasteiger partial charge is 0.238 e. The van der Waals surface area contributed by atoms with Gasteiger partial charge in [-0.1, -0.05) is 64.1 Å². The minimum Gasteiger partial charge on any atom is -0.496 e. The highest BCUT2D eigenvalue weighted by Gasteiger charge is 2.15. The number of hydrogen-bond donors (Lipinski definition) is 2. The van der Waals surface area contributed by atoms with E-state index in [9.17, 15) is 4.79 Å². The van der Waals surface area contributed by atoms with Crippen LogP contribution in [0.5, 0.6) is 5.75 Å². The summed E-state index contributed by atoms with van der Waals surface area (Å²) in [6.07, 6.45) is 0. The van der Waals surface area contributed by atoms with Gasteiger partial charge in [0.05, 0.1) is 13.7 Å². The molecule has 4 nitrogen and oxygen atoms in total. The van der Waals surface area contributed by atoms with Gasteiger partial charge in [0.15, 0.2) is 0 Å². The minimum absolute atomic E-state index is 0.0325. The molecule has 0 bridgehead atoms. The van der Waals surface area contributed by atoms with Crippen LogP contribution in [0, 0.1) is 0 Å². The Kier molecular flexibility index (Phi) is 7.22. The van der Waals surface area contributed by atoms with Gasteiger partial charge < -0.3 is 15.4 Å². The second-order valence-corrected chi connectivity index (χ2v) is 7.08. The van der Waals surface area contributed by atoms with E-state index in [0.29, 0.717) is 18.4 Å². The molecule has 0 saturated heterocycles. The van der Waals surface area contributed by atoms with E-state index in [4.69, 9.17) is 4.74 Å². The fourth-order valence-electron chi connectivity index (χ4n) is 3.04. The molecular formula is C22H30N2O2. The summed E-state index contributed by atoms with van der Waals surface area (Å²) < 4.78 is 5.34. The van der Waals surface area contributed by atoms with Crippen molar-refractivity contribution in [2.24, 2.45) is 0 Å². The van der Waals surface area contributed by atoms with Crippen molar-refractivity contribution in [3.05, 3.63) is 59.2 Å². The Hall–Kier alpha value is -2.33. The summed E-state index contributed by atoms with van der Waals surface area (Å²) in [4.78, 5) is 12.5. The third-order valence-electron chi connectivity index (χ3n) is 4.43. The van der Waals surface area contributed by atoms with Gasteiger partial charge in [-0.15, -0.1) is 0 Å². The normalized spacial score (nSPS) is 11.0. The molecule has 2 rings (SSSR count). The summed E-state index contributed by atoms with van der Waals surface area (Å²) in [5.41, 5.74) is 4.35. The van der Waals surface area contributed by atoms with Crippen molar-refractivity contribution in [3.63, 3.8) is 0 Å². The Labute approximate surface area is 157 Å². The van der Waals surface area contributed by atoms with Crippen LogP contribution in [0.3, 0.4) is 0 Å². The van der Waals surface area contributed by atoms with Crippen LogP contribution < -0.4 is 15.4 Å². The quantitative estimate of drug-likeness (QED) is 0.724. The molecule has 2 N–H and O–H groups in total. The van der Waals surface area contributed by atoms with Crippen molar-refractivity contribution in [1.82, 2.24) is 5.32 Å². The Morgan fingerprint density at radius 1 is 0.962 bits per heavy atom. The number of nitrogens with one attached hydrogen (secondary N) is 2. The van der Waals surface area contributed by atoms with Crippen LogP contribution in [0.2, 0.25) is 0 Å². The minimum atomic E-state index is -0.0325. The van der Waals surface area contributed by atoms with E-state index in [1.807, 2.05) is 24.3 Å². The molecule has 2 aromatic carbocycles. The predicted molar refractivity (Wildman–Crippen MR) is 108 cm³/mol. The average molecular weight is 354 g/mol. The third kappa shape index (κ3) is 5.09. The van der Waals surface area contributed by atoms with Crippen LogP contribution in [-0.4, -0.2) is 19.6 Å². The van der Waals surface area contributed by atoms with Gasteiger partial charge in [-0.3, -0.25) is 4.79 Å². The van der Waals surface area contributed by atoms with Gasteiger partial charge in [0.1, 0.15) is 5.75 Å². The lowest BCUT2D eigenvalue weighted by atomic mass is 9.92. The number of carbonyl (C=O) groups is 1. The highest BCUT2D eigenvalue weighted by atomic mass is 16.5. The molecule has 0 aliphatic heterocycles. The monoisotopic (exact) mass is 354 g/mol. The number of benzene rings is 2. The van der Waals surface area contributed by atoms with Gasteiger partial charge in [-0.05, 0) is 29.0 Å². The molecule has 0 aliphatic carbocycles. The standard InChI is InChI=1S/C22H30N2O2/c1-15(2)18-10-8-11-19(16(3)4)22(18)24-21(25)14-23-13-17-9-6-7-12-20(17)26-5/h6-12,15-16,23H,13-14H2,1-5H3,(H,24,25). The maximum Gasteiger partial charge on any atom is 0.238 e. The topological polar surface area (TPSA) is 50.4 Å². The molecule has 26 heavy (non-hydrogen) atoms. The van der Waals surface area contributed by atoms with Gasteiger partial charge in [0, 0.05) is 17.8 Å². The van der Waals surface area contributed by atoms with Gasteiger partial charge in [-0.2, -0.15) is 0 Å². The molecule has 0 spiro atoms. The van der Waals surface area contributed by atoms with E-state index in [1.165, 1.54) is 11.1 Å². The SMILES string of the molecule is COc1ccccc1CNCC(=O)Nc1c(C(C)C)cccc1C(C)C. The molecule has 0 atom stereocenters. The molecule has 0 aromatic heterocycles. The molecular weight excluding hydrogens is 324 g/mol. The maximum absolute atomic E-state index is 12.5. The first-order valence-corrected chi connectivity index (χ1v) is 9.19. The van der Waals surface area contributed by atoms with Crippen molar-refractivity contribution < 1.29 is 9.53 Å². The molecule has 1 amide bonds. The van der Waals surface area contributed by atoms with E-state index < -0.39 is 0 Å². The third-order valence-corrected chi connectivity index (χ3v) is 4.43. The number of rotatable bonds is 8. The first-order chi connectivity index (χ1) is 12.4. The molecule has 0 heterocycles. The van der Waals surface area contributed by atoms with E-state index in [-0.39, 0.29) is 12.5 Å². The van der Waals surface area contributed by atoms with Crippen molar-refractivity contribution in [2.75, 3.05) is 19.0 Å². The van der Waals surface area contributed by atoms with E-state index in [2.05, 4.69) is 56.5 Å². The number of ether oxygens (including phenoxy) is 1. The van der Waals surface area contributed by atoms with E-state index in [1.54, 1.807) is 7.11 Å². The van der Waals surface area contributed by atoms with Gasteiger partial charge in [0.25, 0.3) is 0 Å². The highest BCUT2D eigenvalue weighted by Crippen LogP contribution is 2.32. The van der Waals surface area contributed by atoms with E-state index in [0.717, 1.165) is 17.0 Å². The second kappa shape index (κ2) is 9.39. The molecule has 0 radical (unpaired) electrons. The first kappa shape index (κ1) is 20.0. The average Bonchev–Trinajstić information content (AvgIpc) is 2.61.